The van der Waals surface area contributed by atoms with Crippen molar-refractivity contribution in [2.45, 2.75) is 25.3 Å². The van der Waals surface area contributed by atoms with E-state index in [1.54, 1.807) is 19.1 Å². The average molecular weight is 421 g/mol. The third-order valence-electron chi connectivity index (χ3n) is 4.56. The Kier molecular flexibility index (Phi) is 5.90. The number of aliphatic hydroxyl groups is 1. The van der Waals surface area contributed by atoms with Crippen LogP contribution in [-0.4, -0.2) is 36.0 Å². The Labute approximate surface area is 168 Å². The molecule has 0 aliphatic heterocycles. The molecule has 0 saturated heterocycles. The van der Waals surface area contributed by atoms with Gasteiger partial charge in [-0.05, 0) is 54.6 Å². The van der Waals surface area contributed by atoms with Crippen molar-refractivity contribution in [1.82, 2.24) is 9.29 Å². The van der Waals surface area contributed by atoms with Gasteiger partial charge >= 0.3 is 0 Å². The smallest absolute Gasteiger partial charge is 0.252 e. The Morgan fingerprint density at radius 1 is 1.11 bits per heavy atom. The molecule has 6 nitrogen and oxygen atoms in total. The molecule has 0 saturated carbocycles. The van der Waals surface area contributed by atoms with Crippen molar-refractivity contribution in [3.63, 3.8) is 0 Å². The number of aryl methyl sites for hydroxylation is 2. The third-order valence-corrected chi connectivity index (χ3v) is 6.80. The standard InChI is InChI=1S/C20H21ClN2O4S/c1-13-3-5-15-10-16(20(25)22-19(15)9-13)12-23(7-8-24)28(26,27)17-6-4-14(2)18(21)11-17/h3-6,9-11,24H,7-8,12H2,1-2H3,(H,22,25). The average Bonchev–Trinajstić information content (AvgIpc) is 2.64. The number of pyridine rings is 1. The summed E-state index contributed by atoms with van der Waals surface area (Å²) in [5.74, 6) is 0. The van der Waals surface area contributed by atoms with E-state index < -0.39 is 10.0 Å². The highest BCUT2D eigenvalue weighted by Crippen LogP contribution is 2.24. The number of hydrogen-bond acceptors (Lipinski definition) is 4. The summed E-state index contributed by atoms with van der Waals surface area (Å²) < 4.78 is 27.2. The summed E-state index contributed by atoms with van der Waals surface area (Å²) in [6.07, 6.45) is 0. The minimum Gasteiger partial charge on any atom is -0.395 e. The maximum absolute atomic E-state index is 13.1. The van der Waals surface area contributed by atoms with Gasteiger partial charge in [-0.3, -0.25) is 4.79 Å². The van der Waals surface area contributed by atoms with Gasteiger partial charge in [0.25, 0.3) is 5.56 Å². The number of sulfonamides is 1. The van der Waals surface area contributed by atoms with Crippen molar-refractivity contribution in [2.24, 2.45) is 0 Å². The van der Waals surface area contributed by atoms with Gasteiger partial charge in [-0.25, -0.2) is 8.42 Å². The van der Waals surface area contributed by atoms with Crippen molar-refractivity contribution in [1.29, 1.82) is 0 Å². The van der Waals surface area contributed by atoms with Crippen LogP contribution >= 0.6 is 11.6 Å². The molecule has 0 spiro atoms. The number of aromatic amines is 1. The van der Waals surface area contributed by atoms with Gasteiger partial charge < -0.3 is 10.1 Å². The molecule has 28 heavy (non-hydrogen) atoms. The number of fused-ring (bicyclic) bond motifs is 1. The molecule has 0 bridgehead atoms. The van der Waals surface area contributed by atoms with Crippen molar-refractivity contribution in [3.05, 3.63) is 74.5 Å². The van der Waals surface area contributed by atoms with Gasteiger partial charge in [0.05, 0.1) is 11.5 Å². The molecule has 2 aromatic carbocycles. The lowest BCUT2D eigenvalue weighted by atomic mass is 10.1. The first kappa shape index (κ1) is 20.5. The summed E-state index contributed by atoms with van der Waals surface area (Å²) in [4.78, 5) is 15.3. The van der Waals surface area contributed by atoms with Crippen LogP contribution in [0.3, 0.4) is 0 Å². The van der Waals surface area contributed by atoms with E-state index in [-0.39, 0.29) is 30.2 Å². The van der Waals surface area contributed by atoms with Crippen LogP contribution in [0.1, 0.15) is 16.7 Å². The van der Waals surface area contributed by atoms with E-state index in [9.17, 15) is 18.3 Å². The number of rotatable bonds is 6. The molecule has 0 amide bonds. The third kappa shape index (κ3) is 4.12. The first-order chi connectivity index (χ1) is 13.2. The van der Waals surface area contributed by atoms with E-state index in [4.69, 9.17) is 11.6 Å². The Bertz CT molecular complexity index is 1190. The minimum atomic E-state index is -3.94. The fourth-order valence-electron chi connectivity index (χ4n) is 2.95. The number of nitrogens with one attached hydrogen (secondary N) is 1. The van der Waals surface area contributed by atoms with Crippen LogP contribution in [0.5, 0.6) is 0 Å². The second kappa shape index (κ2) is 8.05. The maximum atomic E-state index is 13.1. The molecular formula is C20H21ClN2O4S. The fourth-order valence-corrected chi connectivity index (χ4v) is 4.63. The molecular weight excluding hydrogens is 400 g/mol. The van der Waals surface area contributed by atoms with Crippen molar-refractivity contribution in [2.75, 3.05) is 13.2 Å². The first-order valence-electron chi connectivity index (χ1n) is 8.72. The van der Waals surface area contributed by atoms with E-state index >= 15 is 0 Å². The highest BCUT2D eigenvalue weighted by atomic mass is 35.5. The van der Waals surface area contributed by atoms with Crippen molar-refractivity contribution >= 4 is 32.5 Å². The van der Waals surface area contributed by atoms with Crippen LogP contribution in [0.2, 0.25) is 5.02 Å². The van der Waals surface area contributed by atoms with Crippen LogP contribution in [0.15, 0.2) is 52.2 Å². The van der Waals surface area contributed by atoms with Crippen LogP contribution in [0.25, 0.3) is 10.9 Å². The van der Waals surface area contributed by atoms with Crippen LogP contribution in [0.4, 0.5) is 0 Å². The summed E-state index contributed by atoms with van der Waals surface area (Å²) >= 11 is 6.08. The molecule has 0 fully saturated rings. The number of H-pyrrole nitrogens is 1. The molecule has 0 unspecified atom stereocenters. The molecule has 0 aliphatic carbocycles. The molecule has 1 aromatic heterocycles. The summed E-state index contributed by atoms with van der Waals surface area (Å²) in [7, 11) is -3.94. The van der Waals surface area contributed by atoms with E-state index in [0.717, 1.165) is 20.8 Å². The molecule has 8 heteroatoms. The van der Waals surface area contributed by atoms with Crippen LogP contribution < -0.4 is 5.56 Å². The number of aliphatic hydroxyl groups excluding tert-OH is 1. The van der Waals surface area contributed by atoms with Gasteiger partial charge in [-0.2, -0.15) is 4.31 Å². The molecule has 3 aromatic rings. The summed E-state index contributed by atoms with van der Waals surface area (Å²) in [6.45, 7) is 3.03. The first-order valence-corrected chi connectivity index (χ1v) is 10.5. The lowest BCUT2D eigenvalue weighted by Gasteiger charge is -2.21. The molecule has 0 aliphatic rings. The molecule has 0 radical (unpaired) electrons. The van der Waals surface area contributed by atoms with Crippen LogP contribution in [0, 0.1) is 13.8 Å². The number of hydrogen-bond donors (Lipinski definition) is 2. The molecule has 0 atom stereocenters. The zero-order chi connectivity index (χ0) is 20.5. The summed E-state index contributed by atoms with van der Waals surface area (Å²) in [5, 5.41) is 10.5. The number of aromatic nitrogens is 1. The Morgan fingerprint density at radius 3 is 2.54 bits per heavy atom. The molecule has 148 valence electrons. The Hall–Kier alpha value is -2.19. The van der Waals surface area contributed by atoms with Crippen molar-refractivity contribution in [3.8, 4) is 0 Å². The quantitative estimate of drug-likeness (QED) is 0.641. The summed E-state index contributed by atoms with van der Waals surface area (Å²) in [6, 6.07) is 11.8. The Balaban J connectivity index is 2.02. The van der Waals surface area contributed by atoms with Gasteiger partial charge in [0, 0.05) is 29.2 Å². The second-order valence-electron chi connectivity index (χ2n) is 6.69. The number of nitrogens with zero attached hydrogens (tertiary/aromatic N) is 1. The highest BCUT2D eigenvalue weighted by Gasteiger charge is 2.26. The van der Waals surface area contributed by atoms with Crippen molar-refractivity contribution < 1.29 is 13.5 Å². The number of benzene rings is 2. The van der Waals surface area contributed by atoms with Gasteiger partial charge in [0.15, 0.2) is 0 Å². The topological polar surface area (TPSA) is 90.5 Å². The SMILES string of the molecule is Cc1ccc2cc(CN(CCO)S(=O)(=O)c3ccc(C)c(Cl)c3)c(=O)[nH]c2c1. The molecule has 2 N–H and O–H groups in total. The lowest BCUT2D eigenvalue weighted by Crippen LogP contribution is -2.35. The largest absolute Gasteiger partial charge is 0.395 e. The lowest BCUT2D eigenvalue weighted by molar-refractivity contribution is 0.251. The second-order valence-corrected chi connectivity index (χ2v) is 9.03. The Morgan fingerprint density at radius 2 is 1.86 bits per heavy atom. The predicted molar refractivity (Wildman–Crippen MR) is 110 cm³/mol. The minimum absolute atomic E-state index is 0.0180. The molecule has 3 rings (SSSR count). The van der Waals surface area contributed by atoms with E-state index in [1.165, 1.54) is 12.1 Å². The summed E-state index contributed by atoms with van der Waals surface area (Å²) in [5.41, 5.74) is 2.40. The van der Waals surface area contributed by atoms with Gasteiger partial charge in [-0.15, -0.1) is 0 Å². The highest BCUT2D eigenvalue weighted by molar-refractivity contribution is 7.89. The fraction of sp³-hybridized carbons (Fsp3) is 0.250. The van der Waals surface area contributed by atoms with Gasteiger partial charge in [-0.1, -0.05) is 29.8 Å². The van der Waals surface area contributed by atoms with E-state index in [2.05, 4.69) is 4.98 Å². The monoisotopic (exact) mass is 420 g/mol. The molecule has 1 heterocycles. The normalized spacial score (nSPS) is 12.0. The van der Waals surface area contributed by atoms with E-state index in [0.29, 0.717) is 16.1 Å². The maximum Gasteiger partial charge on any atom is 0.252 e. The number of halogens is 1. The van der Waals surface area contributed by atoms with E-state index in [1.807, 2.05) is 25.1 Å². The zero-order valence-electron chi connectivity index (χ0n) is 15.6. The van der Waals surface area contributed by atoms with Crippen LogP contribution in [-0.2, 0) is 16.6 Å². The zero-order valence-corrected chi connectivity index (χ0v) is 17.1. The van der Waals surface area contributed by atoms with Gasteiger partial charge in [0.2, 0.25) is 10.0 Å². The predicted octanol–water partition coefficient (Wildman–Crippen LogP) is 2.98. The van der Waals surface area contributed by atoms with Gasteiger partial charge in [0.1, 0.15) is 0 Å².